The number of rotatable bonds is 6. The maximum absolute atomic E-state index is 12.6. The first-order valence-corrected chi connectivity index (χ1v) is 9.02. The molecule has 0 spiro atoms. The molecule has 1 fully saturated rings. The minimum atomic E-state index is -0.329. The molecule has 1 atom stereocenters. The zero-order valence-electron chi connectivity index (χ0n) is 15.0. The molecule has 2 amide bonds. The molecular weight excluding hydrogens is 330 g/mol. The molecule has 2 aromatic rings. The number of para-hydroxylation sites is 1. The predicted molar refractivity (Wildman–Crippen MR) is 99.2 cm³/mol. The Morgan fingerprint density at radius 1 is 1.31 bits per heavy atom. The molecule has 1 aromatic carbocycles. The van der Waals surface area contributed by atoms with Gasteiger partial charge in [0.05, 0.1) is 23.5 Å². The average Bonchev–Trinajstić information content (AvgIpc) is 3.08. The highest BCUT2D eigenvalue weighted by Crippen LogP contribution is 2.29. The summed E-state index contributed by atoms with van der Waals surface area (Å²) in [4.78, 5) is 25.9. The van der Waals surface area contributed by atoms with Gasteiger partial charge in [0, 0.05) is 25.2 Å². The number of hydrogen-bond donors (Lipinski definition) is 2. The van der Waals surface area contributed by atoms with Crippen LogP contribution >= 0.6 is 0 Å². The Kier molecular flexibility index (Phi) is 5.68. The minimum Gasteiger partial charge on any atom is -0.369 e. The number of primary amides is 1. The molecule has 0 bridgehead atoms. The first kappa shape index (κ1) is 18.1. The van der Waals surface area contributed by atoms with Crippen LogP contribution in [0.25, 0.3) is 5.69 Å². The number of aromatic nitrogens is 2. The van der Waals surface area contributed by atoms with Gasteiger partial charge in [0.1, 0.15) is 0 Å². The lowest BCUT2D eigenvalue weighted by atomic mass is 9.92. The number of carbonyl (C=O) groups excluding carboxylic acids is 2. The molecule has 0 unspecified atom stereocenters. The number of amides is 2. The molecule has 138 valence electrons. The Hall–Kier alpha value is -2.67. The number of carbonyl (C=O) groups is 2. The SMILES string of the molecule is CCNC(=O)c1cn(-c2ccccc2)nc1[C@@H]1CCCN(CC(N)=O)C1. The van der Waals surface area contributed by atoms with Gasteiger partial charge in [0.2, 0.25) is 5.91 Å². The minimum absolute atomic E-state index is 0.102. The van der Waals surface area contributed by atoms with Crippen LogP contribution in [-0.2, 0) is 4.79 Å². The largest absolute Gasteiger partial charge is 0.369 e. The van der Waals surface area contributed by atoms with Gasteiger partial charge in [0.15, 0.2) is 0 Å². The summed E-state index contributed by atoms with van der Waals surface area (Å²) in [5.74, 6) is -0.341. The van der Waals surface area contributed by atoms with Crippen LogP contribution in [0.4, 0.5) is 0 Å². The molecule has 7 nitrogen and oxygen atoms in total. The van der Waals surface area contributed by atoms with Gasteiger partial charge < -0.3 is 11.1 Å². The van der Waals surface area contributed by atoms with Crippen LogP contribution < -0.4 is 11.1 Å². The van der Waals surface area contributed by atoms with Gasteiger partial charge in [0.25, 0.3) is 5.91 Å². The lowest BCUT2D eigenvalue weighted by Gasteiger charge is -2.31. The summed E-state index contributed by atoms with van der Waals surface area (Å²) in [6, 6.07) is 9.74. The van der Waals surface area contributed by atoms with Crippen molar-refractivity contribution >= 4 is 11.8 Å². The first-order chi connectivity index (χ1) is 12.6. The standard InChI is InChI=1S/C19H25N5O2/c1-2-21-19(26)16-12-24(15-8-4-3-5-9-15)22-18(16)14-7-6-10-23(11-14)13-17(20)25/h3-5,8-9,12,14H,2,6-7,10-11,13H2,1H3,(H2,20,25)(H,21,26)/t14-/m1/s1. The van der Waals surface area contributed by atoms with E-state index in [1.807, 2.05) is 42.2 Å². The molecule has 3 rings (SSSR count). The van der Waals surface area contributed by atoms with Gasteiger partial charge in [-0.1, -0.05) is 18.2 Å². The van der Waals surface area contributed by atoms with Crippen molar-refractivity contribution in [2.45, 2.75) is 25.7 Å². The Morgan fingerprint density at radius 2 is 2.08 bits per heavy atom. The highest BCUT2D eigenvalue weighted by atomic mass is 16.2. The van der Waals surface area contributed by atoms with E-state index >= 15 is 0 Å². The molecule has 0 saturated carbocycles. The Bertz CT molecular complexity index is 771. The number of hydrogen-bond acceptors (Lipinski definition) is 4. The van der Waals surface area contributed by atoms with E-state index in [1.165, 1.54) is 0 Å². The Balaban J connectivity index is 1.92. The first-order valence-electron chi connectivity index (χ1n) is 9.02. The molecular formula is C19H25N5O2. The van der Waals surface area contributed by atoms with Gasteiger partial charge in [-0.25, -0.2) is 4.68 Å². The van der Waals surface area contributed by atoms with Crippen LogP contribution in [0.1, 0.15) is 41.7 Å². The summed E-state index contributed by atoms with van der Waals surface area (Å²) in [5.41, 5.74) is 7.64. The van der Waals surface area contributed by atoms with Crippen molar-refractivity contribution in [1.82, 2.24) is 20.0 Å². The lowest BCUT2D eigenvalue weighted by Crippen LogP contribution is -2.40. The monoisotopic (exact) mass is 355 g/mol. The van der Waals surface area contributed by atoms with E-state index in [-0.39, 0.29) is 24.3 Å². The summed E-state index contributed by atoms with van der Waals surface area (Å²) in [5, 5.41) is 7.60. The lowest BCUT2D eigenvalue weighted by molar-refractivity contribution is -0.119. The highest BCUT2D eigenvalue weighted by Gasteiger charge is 2.28. The van der Waals surface area contributed by atoms with Crippen LogP contribution in [0, 0.1) is 0 Å². The fraction of sp³-hybridized carbons (Fsp3) is 0.421. The summed E-state index contributed by atoms with van der Waals surface area (Å²) >= 11 is 0. The van der Waals surface area contributed by atoms with Crippen LogP contribution in [0.15, 0.2) is 36.5 Å². The van der Waals surface area contributed by atoms with Gasteiger partial charge in [-0.05, 0) is 38.4 Å². The molecule has 1 aliphatic rings. The molecule has 26 heavy (non-hydrogen) atoms. The van der Waals surface area contributed by atoms with Gasteiger partial charge in [-0.15, -0.1) is 0 Å². The van der Waals surface area contributed by atoms with Crippen LogP contribution in [0.2, 0.25) is 0 Å². The fourth-order valence-electron chi connectivity index (χ4n) is 3.48. The van der Waals surface area contributed by atoms with E-state index < -0.39 is 0 Å². The molecule has 1 aliphatic heterocycles. The second-order valence-electron chi connectivity index (χ2n) is 6.61. The third-order valence-corrected chi connectivity index (χ3v) is 4.62. The summed E-state index contributed by atoms with van der Waals surface area (Å²) in [7, 11) is 0. The number of nitrogens with zero attached hydrogens (tertiary/aromatic N) is 3. The third kappa shape index (κ3) is 4.11. The predicted octanol–water partition coefficient (Wildman–Crippen LogP) is 1.29. The fourth-order valence-corrected chi connectivity index (χ4v) is 3.48. The highest BCUT2D eigenvalue weighted by molar-refractivity contribution is 5.95. The number of likely N-dealkylation sites (tertiary alicyclic amines) is 1. The van der Waals surface area contributed by atoms with Crippen LogP contribution in [-0.4, -0.2) is 52.7 Å². The van der Waals surface area contributed by atoms with Gasteiger partial charge >= 0.3 is 0 Å². The topological polar surface area (TPSA) is 93.2 Å². The second kappa shape index (κ2) is 8.14. The maximum atomic E-state index is 12.6. The number of piperidine rings is 1. The van der Waals surface area contributed by atoms with Crippen molar-refractivity contribution in [2.24, 2.45) is 5.73 Å². The number of benzene rings is 1. The maximum Gasteiger partial charge on any atom is 0.254 e. The zero-order chi connectivity index (χ0) is 18.5. The van der Waals surface area contributed by atoms with E-state index in [0.717, 1.165) is 30.8 Å². The van der Waals surface area contributed by atoms with Crippen molar-refractivity contribution in [3.63, 3.8) is 0 Å². The van der Waals surface area contributed by atoms with Crippen molar-refractivity contribution < 1.29 is 9.59 Å². The average molecular weight is 355 g/mol. The van der Waals surface area contributed by atoms with Crippen LogP contribution in [0.5, 0.6) is 0 Å². The summed E-state index contributed by atoms with van der Waals surface area (Å²) in [6.45, 7) is 4.23. The van der Waals surface area contributed by atoms with Crippen molar-refractivity contribution in [3.05, 3.63) is 47.8 Å². The van der Waals surface area contributed by atoms with E-state index in [2.05, 4.69) is 5.32 Å². The van der Waals surface area contributed by atoms with Crippen LogP contribution in [0.3, 0.4) is 0 Å². The zero-order valence-corrected chi connectivity index (χ0v) is 15.0. The van der Waals surface area contributed by atoms with E-state index in [4.69, 9.17) is 10.8 Å². The van der Waals surface area contributed by atoms with Gasteiger partial charge in [-0.3, -0.25) is 14.5 Å². The molecule has 0 radical (unpaired) electrons. The molecule has 3 N–H and O–H groups in total. The second-order valence-corrected chi connectivity index (χ2v) is 6.61. The normalized spacial score (nSPS) is 17.8. The van der Waals surface area contributed by atoms with Crippen molar-refractivity contribution in [3.8, 4) is 5.69 Å². The smallest absolute Gasteiger partial charge is 0.254 e. The van der Waals surface area contributed by atoms with Crippen molar-refractivity contribution in [2.75, 3.05) is 26.2 Å². The van der Waals surface area contributed by atoms with Crippen molar-refractivity contribution in [1.29, 1.82) is 0 Å². The Labute approximate surface area is 153 Å². The van der Waals surface area contributed by atoms with E-state index in [1.54, 1.807) is 10.9 Å². The Morgan fingerprint density at radius 3 is 2.77 bits per heavy atom. The van der Waals surface area contributed by atoms with E-state index in [9.17, 15) is 9.59 Å². The van der Waals surface area contributed by atoms with Gasteiger partial charge in [-0.2, -0.15) is 5.10 Å². The molecule has 0 aliphatic carbocycles. The quantitative estimate of drug-likeness (QED) is 0.816. The number of nitrogens with two attached hydrogens (primary N) is 1. The number of nitrogens with one attached hydrogen (secondary N) is 1. The molecule has 2 heterocycles. The molecule has 1 aromatic heterocycles. The van der Waals surface area contributed by atoms with E-state index in [0.29, 0.717) is 18.7 Å². The summed E-state index contributed by atoms with van der Waals surface area (Å²) < 4.78 is 1.76. The summed E-state index contributed by atoms with van der Waals surface area (Å²) in [6.07, 6.45) is 3.68. The third-order valence-electron chi connectivity index (χ3n) is 4.62. The molecule has 7 heteroatoms. The molecule has 1 saturated heterocycles.